The van der Waals surface area contributed by atoms with Crippen molar-refractivity contribution in [3.63, 3.8) is 0 Å². The lowest BCUT2D eigenvalue weighted by Gasteiger charge is -2.00. The Bertz CT molecular complexity index is 791. The molecule has 0 aliphatic rings. The van der Waals surface area contributed by atoms with E-state index < -0.39 is 9.84 Å². The second-order valence-electron chi connectivity index (χ2n) is 4.32. The molecule has 0 amide bonds. The zero-order chi connectivity index (χ0) is 14.0. The van der Waals surface area contributed by atoms with Gasteiger partial charge < -0.3 is 0 Å². The molecule has 0 saturated heterocycles. The van der Waals surface area contributed by atoms with Crippen LogP contribution in [0, 0.1) is 0 Å². The Morgan fingerprint density at radius 2 is 1.90 bits per heavy atom. The molecule has 6 heteroatoms. The smallest absolute Gasteiger partial charge is 0.191 e. The fraction of sp³-hybridized carbons (Fsp3) is 0.0714. The van der Waals surface area contributed by atoms with Gasteiger partial charge in [-0.25, -0.2) is 13.1 Å². The first kappa shape index (κ1) is 13.1. The van der Waals surface area contributed by atoms with Crippen LogP contribution < -0.4 is 0 Å². The summed E-state index contributed by atoms with van der Waals surface area (Å²) in [5.74, 6) is -0.0274. The van der Waals surface area contributed by atoms with Crippen molar-refractivity contribution >= 4 is 21.2 Å². The van der Waals surface area contributed by atoms with E-state index in [0.29, 0.717) is 9.77 Å². The summed E-state index contributed by atoms with van der Waals surface area (Å²) < 4.78 is 26.4. The van der Waals surface area contributed by atoms with E-state index in [-0.39, 0.29) is 5.75 Å². The summed E-state index contributed by atoms with van der Waals surface area (Å²) in [5, 5.41) is 5.97. The van der Waals surface area contributed by atoms with Crippen molar-refractivity contribution in [2.24, 2.45) is 0 Å². The van der Waals surface area contributed by atoms with Crippen molar-refractivity contribution in [3.8, 4) is 5.69 Å². The number of rotatable bonds is 4. The number of thiophene rings is 1. The highest BCUT2D eigenvalue weighted by Gasteiger charge is 2.17. The van der Waals surface area contributed by atoms with Crippen LogP contribution in [-0.2, 0) is 15.6 Å². The molecule has 0 bridgehead atoms. The third-order valence-corrected chi connectivity index (χ3v) is 5.99. The summed E-state index contributed by atoms with van der Waals surface area (Å²) in [7, 11) is -3.27. The second kappa shape index (κ2) is 5.22. The van der Waals surface area contributed by atoms with Crippen LogP contribution in [0.25, 0.3) is 5.69 Å². The lowest BCUT2D eigenvalue weighted by Crippen LogP contribution is -2.02. The van der Waals surface area contributed by atoms with Gasteiger partial charge in [0.2, 0.25) is 0 Å². The van der Waals surface area contributed by atoms with E-state index in [9.17, 15) is 8.42 Å². The lowest BCUT2D eigenvalue weighted by molar-refractivity contribution is 0.597. The van der Waals surface area contributed by atoms with Crippen LogP contribution in [0.5, 0.6) is 0 Å². The first-order chi connectivity index (χ1) is 9.65. The Morgan fingerprint density at radius 3 is 2.60 bits per heavy atom. The van der Waals surface area contributed by atoms with Crippen molar-refractivity contribution in [1.29, 1.82) is 0 Å². The van der Waals surface area contributed by atoms with E-state index in [1.807, 2.05) is 30.3 Å². The first-order valence-electron chi connectivity index (χ1n) is 6.00. The fourth-order valence-corrected chi connectivity index (χ4v) is 4.28. The van der Waals surface area contributed by atoms with Crippen LogP contribution in [0.1, 0.15) is 5.56 Å². The van der Waals surface area contributed by atoms with Crippen molar-refractivity contribution in [3.05, 3.63) is 65.8 Å². The minimum atomic E-state index is -3.27. The molecular weight excluding hydrogens is 292 g/mol. The van der Waals surface area contributed by atoms with Crippen molar-refractivity contribution in [2.45, 2.75) is 9.96 Å². The van der Waals surface area contributed by atoms with E-state index in [2.05, 4.69) is 5.10 Å². The Labute approximate surface area is 121 Å². The number of sulfone groups is 1. The van der Waals surface area contributed by atoms with E-state index in [1.165, 1.54) is 11.3 Å². The number of para-hydroxylation sites is 1. The molecule has 4 nitrogen and oxygen atoms in total. The Kier molecular flexibility index (Phi) is 3.42. The van der Waals surface area contributed by atoms with Gasteiger partial charge in [0, 0.05) is 11.8 Å². The van der Waals surface area contributed by atoms with Crippen LogP contribution in [0.3, 0.4) is 0 Å². The summed E-state index contributed by atoms with van der Waals surface area (Å²) in [5.41, 5.74) is 1.59. The van der Waals surface area contributed by atoms with E-state index >= 15 is 0 Å². The Hall–Kier alpha value is -1.92. The summed E-state index contributed by atoms with van der Waals surface area (Å²) in [4.78, 5) is 0. The molecule has 102 valence electrons. The molecular formula is C14H12N2O2S2. The monoisotopic (exact) mass is 304 g/mol. The van der Waals surface area contributed by atoms with Gasteiger partial charge in [0.15, 0.2) is 9.84 Å². The van der Waals surface area contributed by atoms with Crippen LogP contribution >= 0.6 is 11.3 Å². The molecule has 0 N–H and O–H groups in total. The minimum absolute atomic E-state index is 0.0274. The zero-order valence-electron chi connectivity index (χ0n) is 10.5. The summed E-state index contributed by atoms with van der Waals surface area (Å²) >= 11 is 1.24. The molecule has 0 aliphatic carbocycles. The number of benzene rings is 1. The number of hydrogen-bond donors (Lipinski definition) is 0. The second-order valence-corrected chi connectivity index (χ2v) is 7.48. The van der Waals surface area contributed by atoms with Crippen LogP contribution in [0.15, 0.2) is 64.4 Å². The van der Waals surface area contributed by atoms with Gasteiger partial charge in [0.25, 0.3) is 0 Å². The lowest BCUT2D eigenvalue weighted by atomic mass is 10.3. The molecule has 0 aliphatic heterocycles. The highest BCUT2D eigenvalue weighted by molar-refractivity contribution is 7.92. The van der Waals surface area contributed by atoms with Gasteiger partial charge in [-0.2, -0.15) is 5.10 Å². The first-order valence-corrected chi connectivity index (χ1v) is 8.53. The van der Waals surface area contributed by atoms with Gasteiger partial charge >= 0.3 is 0 Å². The molecule has 0 atom stereocenters. The van der Waals surface area contributed by atoms with Gasteiger partial charge in [-0.15, -0.1) is 11.3 Å². The van der Waals surface area contributed by atoms with Crippen molar-refractivity contribution in [2.75, 3.05) is 0 Å². The number of aromatic nitrogens is 2. The quantitative estimate of drug-likeness (QED) is 0.744. The standard InChI is InChI=1S/C14H12N2O2S2/c17-20(18,14-7-4-8-19-14)11-12-9-15-16(10-12)13-5-2-1-3-6-13/h1-10H,11H2. The van der Waals surface area contributed by atoms with Gasteiger partial charge in [0.1, 0.15) is 4.21 Å². The molecule has 0 fully saturated rings. The molecule has 0 spiro atoms. The van der Waals surface area contributed by atoms with Crippen molar-refractivity contribution in [1.82, 2.24) is 9.78 Å². The SMILES string of the molecule is O=S(=O)(Cc1cnn(-c2ccccc2)c1)c1cccs1. The zero-order valence-corrected chi connectivity index (χ0v) is 12.1. The van der Waals surface area contributed by atoms with E-state index in [4.69, 9.17) is 0 Å². The van der Waals surface area contributed by atoms with Gasteiger partial charge in [-0.1, -0.05) is 24.3 Å². The molecule has 0 saturated carbocycles. The molecule has 20 heavy (non-hydrogen) atoms. The predicted octanol–water partition coefficient (Wildman–Crippen LogP) is 2.91. The Morgan fingerprint density at radius 1 is 1.10 bits per heavy atom. The summed E-state index contributed by atoms with van der Waals surface area (Å²) in [6, 6.07) is 13.0. The largest absolute Gasteiger partial charge is 0.241 e. The highest BCUT2D eigenvalue weighted by Crippen LogP contribution is 2.21. The highest BCUT2D eigenvalue weighted by atomic mass is 32.2. The summed E-state index contributed by atoms with van der Waals surface area (Å²) in [6.07, 6.45) is 3.35. The van der Waals surface area contributed by atoms with E-state index in [1.54, 1.807) is 34.6 Å². The predicted molar refractivity (Wildman–Crippen MR) is 78.8 cm³/mol. The summed E-state index contributed by atoms with van der Waals surface area (Å²) in [6.45, 7) is 0. The number of hydrogen-bond acceptors (Lipinski definition) is 4. The maximum absolute atomic E-state index is 12.2. The van der Waals surface area contributed by atoms with Crippen molar-refractivity contribution < 1.29 is 8.42 Å². The normalized spacial score (nSPS) is 11.6. The van der Waals surface area contributed by atoms with Gasteiger partial charge in [-0.3, -0.25) is 0 Å². The van der Waals surface area contributed by atoms with Crippen LogP contribution in [0.2, 0.25) is 0 Å². The minimum Gasteiger partial charge on any atom is -0.241 e. The average molecular weight is 304 g/mol. The molecule has 0 unspecified atom stereocenters. The van der Waals surface area contributed by atoms with E-state index in [0.717, 1.165) is 5.69 Å². The number of nitrogens with zero attached hydrogens (tertiary/aromatic N) is 2. The van der Waals surface area contributed by atoms with Gasteiger partial charge in [-0.05, 0) is 23.6 Å². The molecule has 3 rings (SSSR count). The Balaban J connectivity index is 1.85. The average Bonchev–Trinajstić information content (AvgIpc) is 3.10. The fourth-order valence-electron chi connectivity index (χ4n) is 1.89. The van der Waals surface area contributed by atoms with Crippen LogP contribution in [-0.4, -0.2) is 18.2 Å². The third-order valence-electron chi connectivity index (χ3n) is 2.82. The molecule has 2 heterocycles. The van der Waals surface area contributed by atoms with Crippen LogP contribution in [0.4, 0.5) is 0 Å². The third kappa shape index (κ3) is 2.66. The molecule has 1 aromatic carbocycles. The maximum Gasteiger partial charge on any atom is 0.191 e. The molecule has 2 aromatic heterocycles. The molecule has 0 radical (unpaired) electrons. The molecule has 3 aromatic rings. The topological polar surface area (TPSA) is 52.0 Å². The maximum atomic E-state index is 12.2. The van der Waals surface area contributed by atoms with Gasteiger partial charge in [0.05, 0.1) is 17.6 Å².